The van der Waals surface area contributed by atoms with Crippen molar-refractivity contribution in [2.45, 2.75) is 32.9 Å². The molecule has 0 saturated heterocycles. The molecule has 2 aromatic rings. The Bertz CT molecular complexity index is 677. The number of rotatable bonds is 5. The van der Waals surface area contributed by atoms with Gasteiger partial charge >= 0.3 is 0 Å². The third-order valence-corrected chi connectivity index (χ3v) is 3.13. The highest BCUT2D eigenvalue weighted by Gasteiger charge is 2.21. The molecule has 0 aliphatic carbocycles. The average Bonchev–Trinajstić information content (AvgIpc) is 2.88. The smallest absolute Gasteiger partial charge is 0.261 e. The van der Waals surface area contributed by atoms with E-state index in [1.807, 2.05) is 0 Å². The summed E-state index contributed by atoms with van der Waals surface area (Å²) in [6.45, 7) is 4.95. The molecule has 0 aliphatic rings. The Morgan fingerprint density at radius 1 is 1.45 bits per heavy atom. The number of carbonyl (C=O) groups excluding carboxylic acids is 1. The highest BCUT2D eigenvalue weighted by atomic mass is 35.5. The van der Waals surface area contributed by atoms with Gasteiger partial charge < -0.3 is 14.6 Å². The zero-order valence-electron chi connectivity index (χ0n) is 12.3. The van der Waals surface area contributed by atoms with Crippen molar-refractivity contribution in [3.05, 3.63) is 40.8 Å². The first-order valence-electron chi connectivity index (χ1n) is 6.59. The zero-order valence-corrected chi connectivity index (χ0v) is 13.0. The third-order valence-electron chi connectivity index (χ3n) is 2.84. The van der Waals surface area contributed by atoms with Gasteiger partial charge in [0.25, 0.3) is 5.91 Å². The molecule has 0 unspecified atom stereocenters. The summed E-state index contributed by atoms with van der Waals surface area (Å²) < 4.78 is 23.4. The Balaban J connectivity index is 1.97. The van der Waals surface area contributed by atoms with Crippen LogP contribution in [-0.4, -0.2) is 22.2 Å². The number of benzene rings is 1. The van der Waals surface area contributed by atoms with Crippen molar-refractivity contribution >= 4 is 17.5 Å². The Hall–Kier alpha value is -2.15. The first kappa shape index (κ1) is 16.2. The summed E-state index contributed by atoms with van der Waals surface area (Å²) in [5, 5.41) is 6.44. The van der Waals surface area contributed by atoms with E-state index >= 15 is 0 Å². The maximum absolute atomic E-state index is 13.0. The number of nitrogens with zero attached hydrogens (tertiary/aromatic N) is 2. The van der Waals surface area contributed by atoms with Crippen molar-refractivity contribution in [3.63, 3.8) is 0 Å². The van der Waals surface area contributed by atoms with E-state index in [0.29, 0.717) is 11.7 Å². The first-order chi connectivity index (χ1) is 10.4. The molecule has 0 aliphatic heterocycles. The molecule has 1 aromatic carbocycles. The molecular weight excluding hydrogens is 313 g/mol. The molecule has 0 radical (unpaired) electrons. The molecule has 22 heavy (non-hydrogen) atoms. The van der Waals surface area contributed by atoms with Gasteiger partial charge in [-0.25, -0.2) is 4.39 Å². The van der Waals surface area contributed by atoms with E-state index in [0.717, 1.165) is 6.07 Å². The molecule has 2 atom stereocenters. The fourth-order valence-electron chi connectivity index (χ4n) is 1.70. The second-order valence-corrected chi connectivity index (χ2v) is 5.15. The summed E-state index contributed by atoms with van der Waals surface area (Å²) in [6.07, 6.45) is -0.825. The summed E-state index contributed by atoms with van der Waals surface area (Å²) >= 11 is 5.85. The van der Waals surface area contributed by atoms with Gasteiger partial charge in [0.2, 0.25) is 5.89 Å². The Labute approximate surface area is 131 Å². The largest absolute Gasteiger partial charge is 0.479 e. The highest BCUT2D eigenvalue weighted by molar-refractivity contribution is 6.32. The van der Waals surface area contributed by atoms with Crippen molar-refractivity contribution in [1.29, 1.82) is 0 Å². The van der Waals surface area contributed by atoms with E-state index in [1.165, 1.54) is 12.1 Å². The van der Waals surface area contributed by atoms with Gasteiger partial charge in [-0.15, -0.1) is 0 Å². The predicted molar refractivity (Wildman–Crippen MR) is 77.1 cm³/mol. The number of hydrogen-bond donors (Lipinski definition) is 1. The zero-order chi connectivity index (χ0) is 16.3. The highest BCUT2D eigenvalue weighted by Crippen LogP contribution is 2.26. The summed E-state index contributed by atoms with van der Waals surface area (Å²) in [5.41, 5.74) is 0. The summed E-state index contributed by atoms with van der Waals surface area (Å²) in [5.74, 6) is 0.155. The van der Waals surface area contributed by atoms with Crippen LogP contribution in [0.1, 0.15) is 31.6 Å². The third kappa shape index (κ3) is 3.94. The summed E-state index contributed by atoms with van der Waals surface area (Å²) in [6, 6.07) is 3.23. The van der Waals surface area contributed by atoms with Gasteiger partial charge in [-0.05, 0) is 39.0 Å². The monoisotopic (exact) mass is 327 g/mol. The molecule has 0 spiro atoms. The fraction of sp³-hybridized carbons (Fsp3) is 0.357. The molecular formula is C14H15ClFN3O3. The van der Waals surface area contributed by atoms with Crippen LogP contribution in [0, 0.1) is 12.7 Å². The van der Waals surface area contributed by atoms with Gasteiger partial charge in [0.15, 0.2) is 11.9 Å². The molecule has 0 bridgehead atoms. The van der Waals surface area contributed by atoms with Crippen molar-refractivity contribution in [3.8, 4) is 5.75 Å². The number of aryl methyl sites for hydroxylation is 1. The molecule has 6 nitrogen and oxygen atoms in total. The molecule has 1 aromatic heterocycles. The Kier molecular flexibility index (Phi) is 4.97. The topological polar surface area (TPSA) is 77.2 Å². The van der Waals surface area contributed by atoms with E-state index in [1.54, 1.807) is 20.8 Å². The van der Waals surface area contributed by atoms with Crippen molar-refractivity contribution in [1.82, 2.24) is 15.5 Å². The first-order valence-corrected chi connectivity index (χ1v) is 6.97. The number of nitrogens with one attached hydrogen (secondary N) is 1. The maximum atomic E-state index is 13.0. The number of carbonyl (C=O) groups is 1. The van der Waals surface area contributed by atoms with Gasteiger partial charge in [-0.1, -0.05) is 16.8 Å². The summed E-state index contributed by atoms with van der Waals surface area (Å²) in [7, 11) is 0. The van der Waals surface area contributed by atoms with Crippen molar-refractivity contribution in [2.24, 2.45) is 0 Å². The SMILES string of the molecule is Cc1noc([C@@H](C)NC(=O)[C@H](C)Oc2ccc(F)cc2Cl)n1. The lowest BCUT2D eigenvalue weighted by Crippen LogP contribution is -2.37. The molecule has 1 amide bonds. The average molecular weight is 328 g/mol. The molecule has 8 heteroatoms. The normalized spacial score (nSPS) is 13.5. The molecule has 1 N–H and O–H groups in total. The molecule has 2 rings (SSSR count). The number of hydrogen-bond acceptors (Lipinski definition) is 5. The van der Waals surface area contributed by atoms with Crippen LogP contribution in [0.5, 0.6) is 5.75 Å². The minimum atomic E-state index is -0.825. The van der Waals surface area contributed by atoms with E-state index in [9.17, 15) is 9.18 Å². The van der Waals surface area contributed by atoms with E-state index < -0.39 is 18.0 Å². The van der Waals surface area contributed by atoms with Crippen LogP contribution >= 0.6 is 11.6 Å². The van der Waals surface area contributed by atoms with Gasteiger partial charge in [0.1, 0.15) is 17.6 Å². The lowest BCUT2D eigenvalue weighted by molar-refractivity contribution is -0.128. The Morgan fingerprint density at radius 3 is 2.77 bits per heavy atom. The number of ether oxygens (including phenoxy) is 1. The van der Waals surface area contributed by atoms with Crippen molar-refractivity contribution in [2.75, 3.05) is 0 Å². The number of amides is 1. The van der Waals surface area contributed by atoms with Gasteiger partial charge in [0.05, 0.1) is 5.02 Å². The van der Waals surface area contributed by atoms with E-state index in [2.05, 4.69) is 15.5 Å². The standard InChI is InChI=1S/C14H15ClFN3O3/c1-7(14-18-9(3)19-22-14)17-13(20)8(2)21-12-5-4-10(16)6-11(12)15/h4-8H,1-3H3,(H,17,20)/t7-,8+/m1/s1. The predicted octanol–water partition coefficient (Wildman–Crippen LogP) is 2.82. The number of halogens is 2. The second-order valence-electron chi connectivity index (χ2n) is 4.74. The van der Waals surface area contributed by atoms with Gasteiger partial charge in [-0.2, -0.15) is 4.98 Å². The van der Waals surface area contributed by atoms with E-state index in [-0.39, 0.29) is 16.7 Å². The quantitative estimate of drug-likeness (QED) is 0.913. The van der Waals surface area contributed by atoms with Crippen LogP contribution in [-0.2, 0) is 4.79 Å². The maximum Gasteiger partial charge on any atom is 0.261 e. The molecule has 0 fully saturated rings. The van der Waals surface area contributed by atoms with Crippen LogP contribution in [0.2, 0.25) is 5.02 Å². The fourth-order valence-corrected chi connectivity index (χ4v) is 1.91. The summed E-state index contributed by atoms with van der Waals surface area (Å²) in [4.78, 5) is 16.1. The molecule has 0 saturated carbocycles. The van der Waals surface area contributed by atoms with Crippen LogP contribution < -0.4 is 10.1 Å². The minimum absolute atomic E-state index is 0.0974. The van der Waals surface area contributed by atoms with E-state index in [4.69, 9.17) is 20.9 Å². The van der Waals surface area contributed by atoms with Crippen LogP contribution in [0.25, 0.3) is 0 Å². The van der Waals surface area contributed by atoms with Crippen LogP contribution in [0.3, 0.4) is 0 Å². The van der Waals surface area contributed by atoms with Gasteiger partial charge in [-0.3, -0.25) is 4.79 Å². The van der Waals surface area contributed by atoms with Crippen LogP contribution in [0.4, 0.5) is 4.39 Å². The minimum Gasteiger partial charge on any atom is -0.479 e. The number of aromatic nitrogens is 2. The lowest BCUT2D eigenvalue weighted by atomic mass is 10.3. The molecule has 1 heterocycles. The Morgan fingerprint density at radius 2 is 2.18 bits per heavy atom. The lowest BCUT2D eigenvalue weighted by Gasteiger charge is -2.17. The second kappa shape index (κ2) is 6.74. The van der Waals surface area contributed by atoms with Crippen LogP contribution in [0.15, 0.2) is 22.7 Å². The molecule has 118 valence electrons. The van der Waals surface area contributed by atoms with Gasteiger partial charge in [0, 0.05) is 0 Å². The van der Waals surface area contributed by atoms with Crippen molar-refractivity contribution < 1.29 is 18.4 Å².